The predicted molar refractivity (Wildman–Crippen MR) is 168 cm³/mol. The Morgan fingerprint density at radius 2 is 0.825 bits per heavy atom. The van der Waals surface area contributed by atoms with Crippen LogP contribution in [-0.2, 0) is 0 Å². The highest BCUT2D eigenvalue weighted by molar-refractivity contribution is 6.25. The molecule has 1 aromatic heterocycles. The monoisotopic (exact) mass is 508 g/mol. The Morgan fingerprint density at radius 1 is 0.350 bits per heavy atom. The molecule has 2 nitrogen and oxygen atoms in total. The van der Waals surface area contributed by atoms with Crippen LogP contribution >= 0.6 is 0 Å². The van der Waals surface area contributed by atoms with Crippen molar-refractivity contribution < 1.29 is 0 Å². The Labute approximate surface area is 232 Å². The molecule has 0 saturated carbocycles. The van der Waals surface area contributed by atoms with Crippen LogP contribution < -0.4 is 0 Å². The van der Waals surface area contributed by atoms with E-state index in [9.17, 15) is 0 Å². The van der Waals surface area contributed by atoms with Crippen LogP contribution in [0, 0.1) is 0 Å². The van der Waals surface area contributed by atoms with Crippen molar-refractivity contribution in [2.24, 2.45) is 0 Å². The zero-order chi connectivity index (χ0) is 26.5. The summed E-state index contributed by atoms with van der Waals surface area (Å²) in [5, 5.41) is 9.76. The highest BCUT2D eigenvalue weighted by atomic mass is 14.9. The minimum atomic E-state index is 0.738. The lowest BCUT2D eigenvalue weighted by atomic mass is 9.85. The Hall–Kier alpha value is -5.34. The van der Waals surface area contributed by atoms with Crippen molar-refractivity contribution in [1.82, 2.24) is 9.97 Å². The topological polar surface area (TPSA) is 25.8 Å². The molecule has 0 aliphatic carbocycles. The van der Waals surface area contributed by atoms with Crippen LogP contribution in [0.2, 0.25) is 0 Å². The van der Waals surface area contributed by atoms with Crippen molar-refractivity contribution in [3.05, 3.63) is 146 Å². The average Bonchev–Trinajstić information content (AvgIpc) is 3.04. The Bertz CT molecular complexity index is 2140. The van der Waals surface area contributed by atoms with E-state index < -0.39 is 0 Å². The van der Waals surface area contributed by atoms with Gasteiger partial charge in [-0.25, -0.2) is 9.97 Å². The molecule has 2 heteroatoms. The second-order valence-electron chi connectivity index (χ2n) is 10.2. The molecule has 7 aromatic carbocycles. The van der Waals surface area contributed by atoms with Gasteiger partial charge in [0.2, 0.25) is 0 Å². The largest absolute Gasteiger partial charge is 0.236 e. The van der Waals surface area contributed by atoms with Gasteiger partial charge in [-0.1, -0.05) is 127 Å². The minimum absolute atomic E-state index is 0.738. The number of aromatic nitrogens is 2. The summed E-state index contributed by atoms with van der Waals surface area (Å²) in [6.07, 6.45) is 3.87. The summed E-state index contributed by atoms with van der Waals surface area (Å²) in [4.78, 5) is 9.82. The molecule has 0 aliphatic heterocycles. The summed E-state index contributed by atoms with van der Waals surface area (Å²) in [5.74, 6) is 0.738. The number of hydrogen-bond donors (Lipinski definition) is 0. The van der Waals surface area contributed by atoms with Gasteiger partial charge in [0, 0.05) is 23.5 Å². The Kier molecular flexibility index (Phi) is 5.17. The van der Waals surface area contributed by atoms with Crippen LogP contribution in [0.5, 0.6) is 0 Å². The van der Waals surface area contributed by atoms with Gasteiger partial charge in [-0.2, -0.15) is 0 Å². The summed E-state index contributed by atoms with van der Waals surface area (Å²) >= 11 is 0. The van der Waals surface area contributed by atoms with Crippen molar-refractivity contribution in [3.63, 3.8) is 0 Å². The fraction of sp³-hybridized carbons (Fsp3) is 0. The lowest BCUT2D eigenvalue weighted by Crippen LogP contribution is -1.95. The lowest BCUT2D eigenvalue weighted by molar-refractivity contribution is 1.19. The van der Waals surface area contributed by atoms with Crippen molar-refractivity contribution in [2.45, 2.75) is 0 Å². The van der Waals surface area contributed by atoms with E-state index in [-0.39, 0.29) is 0 Å². The maximum atomic E-state index is 4.91. The smallest absolute Gasteiger partial charge is 0.160 e. The Balaban J connectivity index is 1.46. The molecule has 0 aliphatic rings. The highest BCUT2D eigenvalue weighted by Crippen LogP contribution is 2.45. The second kappa shape index (κ2) is 9.14. The highest BCUT2D eigenvalue weighted by Gasteiger charge is 2.19. The Morgan fingerprint density at radius 3 is 1.45 bits per heavy atom. The first-order chi connectivity index (χ1) is 19.9. The van der Waals surface area contributed by atoms with Crippen LogP contribution in [0.25, 0.3) is 76.7 Å². The van der Waals surface area contributed by atoms with Crippen molar-refractivity contribution in [3.8, 4) is 33.6 Å². The molecule has 0 atom stereocenters. The predicted octanol–water partition coefficient (Wildman–Crippen LogP) is 10.1. The number of benzene rings is 7. The third kappa shape index (κ3) is 3.50. The molecule has 8 rings (SSSR count). The summed E-state index contributed by atoms with van der Waals surface area (Å²) in [5.41, 5.74) is 5.69. The molecule has 0 N–H and O–H groups in total. The molecule has 186 valence electrons. The van der Waals surface area contributed by atoms with E-state index in [4.69, 9.17) is 9.97 Å². The van der Waals surface area contributed by atoms with Gasteiger partial charge >= 0.3 is 0 Å². The van der Waals surface area contributed by atoms with Crippen molar-refractivity contribution in [1.29, 1.82) is 0 Å². The lowest BCUT2D eigenvalue weighted by Gasteiger charge is -2.19. The summed E-state index contributed by atoms with van der Waals surface area (Å²) in [6, 6.07) is 47.5. The third-order valence-corrected chi connectivity index (χ3v) is 7.95. The molecule has 0 fully saturated rings. The van der Waals surface area contributed by atoms with Crippen LogP contribution in [0.4, 0.5) is 0 Å². The first-order valence-corrected chi connectivity index (χ1v) is 13.6. The van der Waals surface area contributed by atoms with Crippen LogP contribution in [0.15, 0.2) is 146 Å². The maximum Gasteiger partial charge on any atom is 0.160 e. The van der Waals surface area contributed by atoms with Gasteiger partial charge in [0.15, 0.2) is 5.82 Å². The van der Waals surface area contributed by atoms with Crippen molar-refractivity contribution >= 4 is 43.1 Å². The first kappa shape index (κ1) is 22.6. The van der Waals surface area contributed by atoms with E-state index in [1.807, 2.05) is 30.6 Å². The maximum absolute atomic E-state index is 4.91. The van der Waals surface area contributed by atoms with Crippen LogP contribution in [-0.4, -0.2) is 9.97 Å². The SMILES string of the molecule is c1ccc(-c2cnc(-c3c4ccccc4c(-c4cc5ccccc5c5ccccc45)c4ccccc34)nc2)cc1. The molecule has 0 bridgehead atoms. The van der Waals surface area contributed by atoms with E-state index in [0.717, 1.165) is 33.3 Å². The molecule has 40 heavy (non-hydrogen) atoms. The molecule has 0 amide bonds. The van der Waals surface area contributed by atoms with Gasteiger partial charge in [-0.15, -0.1) is 0 Å². The van der Waals surface area contributed by atoms with E-state index in [1.165, 1.54) is 43.4 Å². The number of rotatable bonds is 3. The number of nitrogens with zero attached hydrogens (tertiary/aromatic N) is 2. The van der Waals surface area contributed by atoms with Gasteiger partial charge in [-0.05, 0) is 65.8 Å². The third-order valence-electron chi connectivity index (χ3n) is 7.95. The molecule has 0 unspecified atom stereocenters. The van der Waals surface area contributed by atoms with Crippen LogP contribution in [0.1, 0.15) is 0 Å². The van der Waals surface area contributed by atoms with Gasteiger partial charge in [-0.3, -0.25) is 0 Å². The van der Waals surface area contributed by atoms with Crippen LogP contribution in [0.3, 0.4) is 0 Å². The van der Waals surface area contributed by atoms with Gasteiger partial charge in [0.05, 0.1) is 0 Å². The summed E-state index contributed by atoms with van der Waals surface area (Å²) in [6.45, 7) is 0. The molecule has 0 radical (unpaired) electrons. The fourth-order valence-corrected chi connectivity index (χ4v) is 6.16. The fourth-order valence-electron chi connectivity index (χ4n) is 6.16. The standard InChI is InChI=1S/C38H24N2/c1-2-12-25(13-3-1)27-23-39-38(40-24-27)37-33-20-10-8-18-31(33)36(32-19-9-11-21-34(32)37)35-22-26-14-4-5-15-28(26)29-16-6-7-17-30(29)35/h1-24H. The van der Waals surface area contributed by atoms with Crippen molar-refractivity contribution in [2.75, 3.05) is 0 Å². The number of fused-ring (bicyclic) bond motifs is 5. The minimum Gasteiger partial charge on any atom is -0.236 e. The molecular weight excluding hydrogens is 484 g/mol. The molecule has 0 saturated heterocycles. The second-order valence-corrected chi connectivity index (χ2v) is 10.2. The van der Waals surface area contributed by atoms with Gasteiger partial charge < -0.3 is 0 Å². The van der Waals surface area contributed by atoms with E-state index >= 15 is 0 Å². The molecule has 0 spiro atoms. The summed E-state index contributed by atoms with van der Waals surface area (Å²) < 4.78 is 0. The van der Waals surface area contributed by atoms with Gasteiger partial charge in [0.25, 0.3) is 0 Å². The molecule has 1 heterocycles. The quantitative estimate of drug-likeness (QED) is 0.175. The number of hydrogen-bond acceptors (Lipinski definition) is 2. The normalized spacial score (nSPS) is 11.5. The average molecular weight is 509 g/mol. The molecule has 8 aromatic rings. The van der Waals surface area contributed by atoms with E-state index in [0.29, 0.717) is 0 Å². The first-order valence-electron chi connectivity index (χ1n) is 13.6. The summed E-state index contributed by atoms with van der Waals surface area (Å²) in [7, 11) is 0. The van der Waals surface area contributed by atoms with E-state index in [1.54, 1.807) is 0 Å². The molecular formula is C38H24N2. The van der Waals surface area contributed by atoms with E-state index in [2.05, 4.69) is 115 Å². The zero-order valence-electron chi connectivity index (χ0n) is 21.8. The zero-order valence-corrected chi connectivity index (χ0v) is 21.8. The van der Waals surface area contributed by atoms with Gasteiger partial charge in [0.1, 0.15) is 0 Å².